The Morgan fingerprint density at radius 1 is 0.824 bits per heavy atom. The van der Waals surface area contributed by atoms with Crippen molar-refractivity contribution in [1.82, 2.24) is 15.0 Å². The Kier molecular flexibility index (Phi) is 11.4. The van der Waals surface area contributed by atoms with Gasteiger partial charge in [0.2, 0.25) is 0 Å². The number of piperidine rings is 1. The molecule has 1 aromatic heterocycles. The van der Waals surface area contributed by atoms with Crippen LogP contribution >= 0.6 is 0 Å². The Labute approximate surface area is 308 Å². The smallest absolute Gasteiger partial charge is 0.261 e. The number of ether oxygens (including phenoxy) is 1. The second kappa shape index (κ2) is 16.0. The van der Waals surface area contributed by atoms with Crippen LogP contribution in [-0.2, 0) is 17.4 Å². The second-order valence-electron chi connectivity index (χ2n) is 17.2. The first-order valence-electron chi connectivity index (χ1n) is 19.9. The molecule has 7 heteroatoms. The first-order chi connectivity index (χ1) is 24.7. The minimum atomic E-state index is -2.58. The van der Waals surface area contributed by atoms with Crippen molar-refractivity contribution in [2.24, 2.45) is 17.8 Å². The van der Waals surface area contributed by atoms with Crippen LogP contribution in [0.15, 0.2) is 77.3 Å². The van der Waals surface area contributed by atoms with Gasteiger partial charge in [-0.05, 0) is 124 Å². The zero-order chi connectivity index (χ0) is 35.4. The lowest BCUT2D eigenvalue weighted by Gasteiger charge is -2.48. The lowest BCUT2D eigenvalue weighted by Crippen LogP contribution is -2.68. The van der Waals surface area contributed by atoms with Gasteiger partial charge in [0.25, 0.3) is 8.32 Å². The van der Waals surface area contributed by atoms with Crippen LogP contribution in [0, 0.1) is 17.8 Å². The molecule has 4 aromatic rings. The average molecular weight is 708 g/mol. The minimum absolute atomic E-state index is 0.00521. The maximum atomic E-state index is 7.76. The summed E-state index contributed by atoms with van der Waals surface area (Å²) < 4.78 is 20.0. The predicted molar refractivity (Wildman–Crippen MR) is 212 cm³/mol. The Balaban J connectivity index is 0.988. The van der Waals surface area contributed by atoms with E-state index >= 15 is 0 Å². The van der Waals surface area contributed by atoms with E-state index in [1.165, 1.54) is 81.3 Å². The molecule has 274 valence electrons. The van der Waals surface area contributed by atoms with Crippen molar-refractivity contribution in [3.05, 3.63) is 84.1 Å². The van der Waals surface area contributed by atoms with Gasteiger partial charge in [-0.2, -0.15) is 0 Å². The molecule has 2 atom stereocenters. The zero-order valence-corrected chi connectivity index (χ0v) is 32.9. The molecule has 2 saturated carbocycles. The van der Waals surface area contributed by atoms with Crippen molar-refractivity contribution in [2.45, 2.75) is 103 Å². The highest BCUT2D eigenvalue weighted by molar-refractivity contribution is 6.99. The number of hydrogen-bond donors (Lipinski definition) is 0. The number of nitrogens with zero attached hydrogens (tertiary/aromatic N) is 3. The summed E-state index contributed by atoms with van der Waals surface area (Å²) >= 11 is 0. The summed E-state index contributed by atoms with van der Waals surface area (Å²) in [7, 11) is 1.63. The molecule has 7 rings (SSSR count). The molecular weight excluding hydrogens is 647 g/mol. The summed E-state index contributed by atoms with van der Waals surface area (Å²) in [4.78, 5) is 4.95. The fraction of sp³-hybridized carbons (Fsp3) is 0.568. The molecule has 0 radical (unpaired) electrons. The highest BCUT2D eigenvalue weighted by Gasteiger charge is 2.52. The topological polar surface area (TPSA) is 51.0 Å². The van der Waals surface area contributed by atoms with Crippen molar-refractivity contribution in [3.8, 4) is 5.75 Å². The molecule has 0 bridgehead atoms. The molecule has 0 spiro atoms. The summed E-state index contributed by atoms with van der Waals surface area (Å²) in [6, 6.07) is 26.7. The predicted octanol–water partition coefficient (Wildman–Crippen LogP) is 8.46. The molecule has 1 saturated heterocycles. The Bertz CT molecular complexity index is 1650. The lowest BCUT2D eigenvalue weighted by atomic mass is 9.85. The maximum absolute atomic E-state index is 7.76. The van der Waals surface area contributed by atoms with Crippen molar-refractivity contribution >= 4 is 29.7 Å². The van der Waals surface area contributed by atoms with E-state index in [4.69, 9.17) is 13.7 Å². The number of rotatable bonds is 14. The van der Waals surface area contributed by atoms with Gasteiger partial charge in [-0.15, -0.1) is 0 Å². The maximum Gasteiger partial charge on any atom is 0.261 e. The molecule has 0 N–H and O–H groups in total. The van der Waals surface area contributed by atoms with Crippen LogP contribution in [0.25, 0.3) is 11.0 Å². The quantitative estimate of drug-likeness (QED) is 0.123. The number of aryl methyl sites for hydroxylation is 1. The van der Waals surface area contributed by atoms with Gasteiger partial charge >= 0.3 is 0 Å². The van der Waals surface area contributed by atoms with Crippen molar-refractivity contribution in [1.29, 1.82) is 0 Å². The number of fused-ring (bicyclic) bond motifs is 1. The lowest BCUT2D eigenvalue weighted by molar-refractivity contribution is 0.0480. The van der Waals surface area contributed by atoms with E-state index in [0.29, 0.717) is 12.0 Å². The van der Waals surface area contributed by atoms with Gasteiger partial charge in [0.05, 0.1) is 17.9 Å². The van der Waals surface area contributed by atoms with E-state index < -0.39 is 8.32 Å². The third kappa shape index (κ3) is 8.32. The molecule has 3 aliphatic rings. The van der Waals surface area contributed by atoms with E-state index in [-0.39, 0.29) is 5.04 Å². The summed E-state index contributed by atoms with van der Waals surface area (Å²) in [5.41, 5.74) is 3.14. The third-order valence-electron chi connectivity index (χ3n) is 12.0. The number of likely N-dealkylation sites (tertiary alicyclic amines) is 1. The highest BCUT2D eigenvalue weighted by atomic mass is 28.4. The number of hydrogen-bond acceptors (Lipinski definition) is 6. The first kappa shape index (κ1) is 36.4. The normalized spacial score (nSPS) is 21.1. The van der Waals surface area contributed by atoms with Gasteiger partial charge in [-0.3, -0.25) is 0 Å². The fourth-order valence-electron chi connectivity index (χ4n) is 8.95. The standard InChI is InChI=1S/C44H61N3O3Si/c1-44(2,3)51(36-15-8-6-9-16-36,37-17-10-7-11-18-37)50-41-19-13-12-14-35(41)30-47-28-26-33(27-29-47)22-24-40-38-23-25-42(48-32-34-20-21-34)39(31-46(4)5)43(38)49-45-40/h6-11,15-18,23,25,33-35,41H,12-14,19-22,24,26-32H2,1-5H3. The van der Waals surface area contributed by atoms with Crippen LogP contribution < -0.4 is 15.1 Å². The first-order valence-corrected chi connectivity index (χ1v) is 21.8. The molecule has 0 amide bonds. The molecule has 6 nitrogen and oxygen atoms in total. The molecule has 1 aliphatic heterocycles. The molecular formula is C44H61N3O3Si. The SMILES string of the molecule is CN(C)Cc1c(OCC2CC2)ccc2c(CCC3CCN(CC4CCCCC4O[Si](c4ccccc4)(c4ccccc4)C(C)(C)C)CC3)noc12. The largest absolute Gasteiger partial charge is 0.493 e. The summed E-state index contributed by atoms with van der Waals surface area (Å²) in [6.07, 6.45) is 12.5. The molecule has 2 heterocycles. The molecule has 3 aromatic carbocycles. The second-order valence-corrected chi connectivity index (χ2v) is 21.4. The molecule has 2 aliphatic carbocycles. The monoisotopic (exact) mass is 707 g/mol. The van der Waals surface area contributed by atoms with Crippen LogP contribution in [0.3, 0.4) is 0 Å². The van der Waals surface area contributed by atoms with Crippen molar-refractivity contribution < 1.29 is 13.7 Å². The zero-order valence-electron chi connectivity index (χ0n) is 31.9. The van der Waals surface area contributed by atoms with Gasteiger partial charge in [0.15, 0.2) is 5.58 Å². The highest BCUT2D eigenvalue weighted by Crippen LogP contribution is 2.41. The van der Waals surface area contributed by atoms with E-state index in [1.54, 1.807) is 0 Å². The van der Waals surface area contributed by atoms with Crippen LogP contribution in [0.1, 0.15) is 89.8 Å². The average Bonchev–Trinajstić information content (AvgIpc) is 3.87. The molecule has 2 unspecified atom stereocenters. The third-order valence-corrected chi connectivity index (χ3v) is 17.1. The van der Waals surface area contributed by atoms with Crippen LogP contribution in [0.2, 0.25) is 5.04 Å². The Morgan fingerprint density at radius 2 is 1.49 bits per heavy atom. The molecule has 51 heavy (non-hydrogen) atoms. The summed E-state index contributed by atoms with van der Waals surface area (Å²) in [5, 5.41) is 8.57. The van der Waals surface area contributed by atoms with Gasteiger partial charge < -0.3 is 23.5 Å². The van der Waals surface area contributed by atoms with Gasteiger partial charge in [0, 0.05) is 24.6 Å². The fourth-order valence-corrected chi connectivity index (χ4v) is 13.7. The van der Waals surface area contributed by atoms with E-state index in [1.807, 2.05) is 0 Å². The Morgan fingerprint density at radius 3 is 2.12 bits per heavy atom. The van der Waals surface area contributed by atoms with E-state index in [9.17, 15) is 0 Å². The van der Waals surface area contributed by atoms with Crippen molar-refractivity contribution in [3.63, 3.8) is 0 Å². The van der Waals surface area contributed by atoms with Crippen molar-refractivity contribution in [2.75, 3.05) is 40.3 Å². The van der Waals surface area contributed by atoms with Gasteiger partial charge in [-0.25, -0.2) is 0 Å². The van der Waals surface area contributed by atoms with E-state index in [0.717, 1.165) is 65.9 Å². The summed E-state index contributed by atoms with van der Waals surface area (Å²) in [6.45, 7) is 12.3. The van der Waals surface area contributed by atoms with Gasteiger partial charge in [0.1, 0.15) is 5.75 Å². The van der Waals surface area contributed by atoms with Crippen LogP contribution in [-0.4, -0.2) is 69.7 Å². The van der Waals surface area contributed by atoms with Crippen LogP contribution in [0.5, 0.6) is 5.75 Å². The number of aromatic nitrogens is 1. The summed E-state index contributed by atoms with van der Waals surface area (Å²) in [5.74, 6) is 2.98. The van der Waals surface area contributed by atoms with E-state index in [2.05, 4.69) is 123 Å². The molecule has 3 fully saturated rings. The van der Waals surface area contributed by atoms with Gasteiger partial charge in [-0.1, -0.05) is 99.4 Å². The number of benzene rings is 3. The Hall–Kier alpha value is -2.97. The van der Waals surface area contributed by atoms with Crippen LogP contribution in [0.4, 0.5) is 0 Å². The minimum Gasteiger partial charge on any atom is -0.493 e.